The van der Waals surface area contributed by atoms with Gasteiger partial charge in [-0.15, -0.1) is 6.42 Å². The van der Waals surface area contributed by atoms with Gasteiger partial charge in [0.05, 0.1) is 19.3 Å². The Morgan fingerprint density at radius 2 is 2.50 bits per heavy atom. The zero-order chi connectivity index (χ0) is 12.0. The van der Waals surface area contributed by atoms with E-state index in [1.165, 1.54) is 0 Å². The van der Waals surface area contributed by atoms with Crippen molar-refractivity contribution in [3.8, 4) is 12.3 Å². The largest absolute Gasteiger partial charge is 0.444 e. The fourth-order valence-electron chi connectivity index (χ4n) is 1.17. The van der Waals surface area contributed by atoms with Gasteiger partial charge in [0.1, 0.15) is 11.8 Å². The molecule has 2 N–H and O–H groups in total. The van der Waals surface area contributed by atoms with Crippen molar-refractivity contribution in [2.75, 3.05) is 13.1 Å². The average Bonchev–Trinajstić information content (AvgIpc) is 2.65. The molecule has 5 heteroatoms. The van der Waals surface area contributed by atoms with Gasteiger partial charge in [0.15, 0.2) is 0 Å². The summed E-state index contributed by atoms with van der Waals surface area (Å²) in [6.45, 7) is 4.18. The number of hydrogen-bond donors (Lipinski definition) is 2. The molecule has 0 aromatic carbocycles. The maximum absolute atomic E-state index is 11.4. The number of nitrogens with one attached hydrogen (secondary N) is 2. The molecule has 5 nitrogen and oxygen atoms in total. The summed E-state index contributed by atoms with van der Waals surface area (Å²) in [7, 11) is 0. The van der Waals surface area contributed by atoms with Crippen LogP contribution in [0.3, 0.4) is 0 Å². The van der Waals surface area contributed by atoms with Crippen LogP contribution in [0.5, 0.6) is 0 Å². The lowest BCUT2D eigenvalue weighted by atomic mass is 10.3. The molecule has 86 valence electrons. The predicted molar refractivity (Wildman–Crippen MR) is 59.5 cm³/mol. The third-order valence-electron chi connectivity index (χ3n) is 1.90. The zero-order valence-corrected chi connectivity index (χ0v) is 9.41. The molecule has 0 aliphatic carbocycles. The van der Waals surface area contributed by atoms with E-state index in [0.29, 0.717) is 12.4 Å². The first-order chi connectivity index (χ1) is 7.63. The van der Waals surface area contributed by atoms with Crippen LogP contribution in [0.15, 0.2) is 10.6 Å². The third kappa shape index (κ3) is 3.75. The van der Waals surface area contributed by atoms with Gasteiger partial charge in [-0.25, -0.2) is 4.98 Å². The summed E-state index contributed by atoms with van der Waals surface area (Å²) in [6, 6.07) is -0.242. The van der Waals surface area contributed by atoms with Crippen LogP contribution in [0.4, 0.5) is 0 Å². The Bertz CT molecular complexity index is 392. The van der Waals surface area contributed by atoms with Crippen molar-refractivity contribution in [1.82, 2.24) is 15.6 Å². The van der Waals surface area contributed by atoms with Gasteiger partial charge < -0.3 is 9.73 Å². The summed E-state index contributed by atoms with van der Waals surface area (Å²) in [5, 5.41) is 5.54. The van der Waals surface area contributed by atoms with E-state index in [4.69, 9.17) is 10.8 Å². The molecular formula is C11H15N3O2. The second-order valence-corrected chi connectivity index (χ2v) is 3.41. The van der Waals surface area contributed by atoms with Gasteiger partial charge in [0, 0.05) is 0 Å². The second kappa shape index (κ2) is 5.93. The van der Waals surface area contributed by atoms with E-state index < -0.39 is 0 Å². The molecular weight excluding hydrogens is 206 g/mol. The molecule has 1 atom stereocenters. The predicted octanol–water partition coefficient (Wildman–Crippen LogP) is 0.383. The number of carbonyl (C=O) groups excluding carboxylic acids is 1. The van der Waals surface area contributed by atoms with Crippen LogP contribution in [0.1, 0.15) is 24.6 Å². The van der Waals surface area contributed by atoms with Gasteiger partial charge in [-0.2, -0.15) is 0 Å². The molecule has 1 aromatic heterocycles. The molecule has 0 saturated carbocycles. The van der Waals surface area contributed by atoms with Crippen LogP contribution in [-0.4, -0.2) is 24.0 Å². The maximum Gasteiger partial charge on any atom is 0.234 e. The fourth-order valence-corrected chi connectivity index (χ4v) is 1.17. The Morgan fingerprint density at radius 3 is 3.06 bits per heavy atom. The van der Waals surface area contributed by atoms with Crippen LogP contribution < -0.4 is 10.6 Å². The maximum atomic E-state index is 11.4. The number of aromatic nitrogens is 1. The van der Waals surface area contributed by atoms with Crippen LogP contribution in [0, 0.1) is 19.3 Å². The highest BCUT2D eigenvalue weighted by Gasteiger charge is 2.13. The highest BCUT2D eigenvalue weighted by molar-refractivity contribution is 5.78. The Hall–Kier alpha value is -1.80. The van der Waals surface area contributed by atoms with Crippen LogP contribution in [0.25, 0.3) is 0 Å². The SMILES string of the molecule is C#CCNCC(=O)NC(C)c1ncc(C)o1. The number of terminal acetylenes is 1. The molecule has 0 spiro atoms. The lowest BCUT2D eigenvalue weighted by molar-refractivity contribution is -0.121. The van der Waals surface area contributed by atoms with E-state index in [2.05, 4.69) is 21.5 Å². The molecule has 1 unspecified atom stereocenters. The number of oxazole rings is 1. The third-order valence-corrected chi connectivity index (χ3v) is 1.90. The standard InChI is InChI=1S/C11H15N3O2/c1-4-5-12-7-10(15)14-9(3)11-13-6-8(2)16-11/h1,6,9,12H,5,7H2,2-3H3,(H,14,15). The minimum absolute atomic E-state index is 0.140. The van der Waals surface area contributed by atoms with E-state index in [9.17, 15) is 4.79 Å². The topological polar surface area (TPSA) is 67.2 Å². The number of amides is 1. The van der Waals surface area contributed by atoms with Gasteiger partial charge in [0.2, 0.25) is 11.8 Å². The Labute approximate surface area is 94.6 Å². The summed E-state index contributed by atoms with van der Waals surface area (Å²) < 4.78 is 5.29. The first-order valence-corrected chi connectivity index (χ1v) is 4.99. The van der Waals surface area contributed by atoms with Crippen molar-refractivity contribution in [2.45, 2.75) is 19.9 Å². The van der Waals surface area contributed by atoms with Gasteiger partial charge in [-0.05, 0) is 13.8 Å². The van der Waals surface area contributed by atoms with Crippen molar-refractivity contribution in [3.63, 3.8) is 0 Å². The monoisotopic (exact) mass is 221 g/mol. The van der Waals surface area contributed by atoms with E-state index in [1.54, 1.807) is 13.1 Å². The first-order valence-electron chi connectivity index (χ1n) is 4.99. The zero-order valence-electron chi connectivity index (χ0n) is 9.41. The van der Waals surface area contributed by atoms with E-state index in [-0.39, 0.29) is 18.5 Å². The Morgan fingerprint density at radius 1 is 1.75 bits per heavy atom. The fraction of sp³-hybridized carbons (Fsp3) is 0.455. The van der Waals surface area contributed by atoms with Crippen LogP contribution >= 0.6 is 0 Å². The van der Waals surface area contributed by atoms with Gasteiger partial charge in [0.25, 0.3) is 0 Å². The molecule has 16 heavy (non-hydrogen) atoms. The molecule has 1 heterocycles. The number of rotatable bonds is 5. The lowest BCUT2D eigenvalue weighted by Crippen LogP contribution is -2.35. The molecule has 0 fully saturated rings. The van der Waals surface area contributed by atoms with Gasteiger partial charge in [-0.3, -0.25) is 10.1 Å². The van der Waals surface area contributed by atoms with Crippen molar-refractivity contribution in [1.29, 1.82) is 0 Å². The van der Waals surface area contributed by atoms with Crippen molar-refractivity contribution in [3.05, 3.63) is 17.8 Å². The number of hydrogen-bond acceptors (Lipinski definition) is 4. The number of nitrogens with zero attached hydrogens (tertiary/aromatic N) is 1. The van der Waals surface area contributed by atoms with Crippen molar-refractivity contribution >= 4 is 5.91 Å². The summed E-state index contributed by atoms with van der Waals surface area (Å²) in [4.78, 5) is 15.4. The lowest BCUT2D eigenvalue weighted by Gasteiger charge is -2.10. The molecule has 1 amide bonds. The van der Waals surface area contributed by atoms with Crippen molar-refractivity contribution in [2.24, 2.45) is 0 Å². The second-order valence-electron chi connectivity index (χ2n) is 3.41. The van der Waals surface area contributed by atoms with Gasteiger partial charge >= 0.3 is 0 Å². The van der Waals surface area contributed by atoms with E-state index in [1.807, 2.05) is 6.92 Å². The molecule has 0 aliphatic heterocycles. The number of carbonyl (C=O) groups is 1. The smallest absolute Gasteiger partial charge is 0.234 e. The quantitative estimate of drug-likeness (QED) is 0.557. The summed E-state index contributed by atoms with van der Waals surface area (Å²) in [5.74, 6) is 3.48. The summed E-state index contributed by atoms with van der Waals surface area (Å²) in [6.07, 6.45) is 6.66. The van der Waals surface area contributed by atoms with Crippen LogP contribution in [0.2, 0.25) is 0 Å². The molecule has 1 aromatic rings. The van der Waals surface area contributed by atoms with Gasteiger partial charge in [-0.1, -0.05) is 5.92 Å². The highest BCUT2D eigenvalue weighted by Crippen LogP contribution is 2.11. The molecule has 0 bridgehead atoms. The van der Waals surface area contributed by atoms with E-state index in [0.717, 1.165) is 5.76 Å². The average molecular weight is 221 g/mol. The first kappa shape index (κ1) is 12.3. The minimum Gasteiger partial charge on any atom is -0.444 e. The summed E-state index contributed by atoms with van der Waals surface area (Å²) in [5.41, 5.74) is 0. The Kier molecular flexibility index (Phi) is 4.55. The summed E-state index contributed by atoms with van der Waals surface area (Å²) >= 11 is 0. The Balaban J connectivity index is 2.37. The van der Waals surface area contributed by atoms with Crippen molar-refractivity contribution < 1.29 is 9.21 Å². The molecule has 0 saturated heterocycles. The highest BCUT2D eigenvalue weighted by atomic mass is 16.4. The van der Waals surface area contributed by atoms with Crippen LogP contribution in [-0.2, 0) is 4.79 Å². The normalized spacial score (nSPS) is 11.8. The molecule has 1 rings (SSSR count). The molecule has 0 radical (unpaired) electrons. The molecule has 0 aliphatic rings. The minimum atomic E-state index is -0.242. The van der Waals surface area contributed by atoms with E-state index >= 15 is 0 Å². The number of aryl methyl sites for hydroxylation is 1.